The maximum atomic E-state index is 6.40. The Bertz CT molecular complexity index is 1580. The summed E-state index contributed by atoms with van der Waals surface area (Å²) in [5.41, 5.74) is 6.42. The number of aromatic nitrogens is 3. The lowest BCUT2D eigenvalue weighted by Gasteiger charge is -2.29. The number of aryl methyl sites for hydroxylation is 2. The molecule has 0 saturated heterocycles. The van der Waals surface area contributed by atoms with Crippen LogP contribution in [0.4, 0.5) is 0 Å². The van der Waals surface area contributed by atoms with Gasteiger partial charge in [-0.1, -0.05) is 42.8 Å². The fraction of sp³-hybridized carbons (Fsp3) is 0.267. The van der Waals surface area contributed by atoms with Gasteiger partial charge in [0.2, 0.25) is 0 Å². The van der Waals surface area contributed by atoms with Gasteiger partial charge in [0, 0.05) is 41.4 Å². The number of benzene rings is 2. The molecule has 0 N–H and O–H groups in total. The quantitative estimate of drug-likeness (QED) is 0.410. The minimum atomic E-state index is 0.318. The molecule has 0 spiro atoms. The van der Waals surface area contributed by atoms with Crippen molar-refractivity contribution in [3.63, 3.8) is 0 Å². The second-order valence-electron chi connectivity index (χ2n) is 9.66. The molecule has 0 radical (unpaired) electrons. The van der Waals surface area contributed by atoms with Gasteiger partial charge in [-0.3, -0.25) is 9.97 Å². The lowest BCUT2D eigenvalue weighted by molar-refractivity contribution is 0.606. The molecule has 2 atom stereocenters. The zero-order valence-corrected chi connectivity index (χ0v) is 20.4. The molecular weight excluding hydrogens is 438 g/mol. The molecule has 170 valence electrons. The zero-order chi connectivity index (χ0) is 23.2. The number of nitrogens with zero attached hydrogens (tertiary/aromatic N) is 3. The minimum absolute atomic E-state index is 0.318. The number of fused-ring (bicyclic) bond motifs is 4. The molecule has 0 aliphatic heterocycles. The van der Waals surface area contributed by atoms with Gasteiger partial charge < -0.3 is 4.57 Å². The Kier molecular flexibility index (Phi) is 5.38. The summed E-state index contributed by atoms with van der Waals surface area (Å²) < 4.78 is 2.31. The molecule has 2 aliphatic carbocycles. The normalized spacial score (nSPS) is 18.6. The average molecular weight is 466 g/mol. The van der Waals surface area contributed by atoms with Gasteiger partial charge in [-0.05, 0) is 94.8 Å². The van der Waals surface area contributed by atoms with E-state index < -0.39 is 0 Å². The summed E-state index contributed by atoms with van der Waals surface area (Å²) in [6.45, 7) is 4.34. The lowest BCUT2D eigenvalue weighted by atomic mass is 9.78. The Morgan fingerprint density at radius 1 is 1.00 bits per heavy atom. The predicted octanol–water partition coefficient (Wildman–Crippen LogP) is 5.28. The highest BCUT2D eigenvalue weighted by Gasteiger charge is 2.25. The maximum Gasteiger partial charge on any atom is 0.0587 e. The molecule has 0 saturated carbocycles. The van der Waals surface area contributed by atoms with Crippen LogP contribution in [0.3, 0.4) is 0 Å². The van der Waals surface area contributed by atoms with Gasteiger partial charge in [0.25, 0.3) is 0 Å². The van der Waals surface area contributed by atoms with Crippen molar-refractivity contribution in [3.8, 4) is 0 Å². The summed E-state index contributed by atoms with van der Waals surface area (Å²) in [5.74, 6) is 0.844. The van der Waals surface area contributed by atoms with Crippen LogP contribution in [0.1, 0.15) is 48.2 Å². The molecule has 34 heavy (non-hydrogen) atoms. The first-order valence-electron chi connectivity index (χ1n) is 12.2. The van der Waals surface area contributed by atoms with Gasteiger partial charge in [0.05, 0.1) is 11.4 Å². The fourth-order valence-corrected chi connectivity index (χ4v) is 5.96. The average Bonchev–Trinajstić information content (AvgIpc) is 3.37. The van der Waals surface area contributed by atoms with Crippen LogP contribution in [0.2, 0.25) is 5.02 Å². The monoisotopic (exact) mass is 465 g/mol. The molecule has 3 nitrogen and oxygen atoms in total. The first kappa shape index (κ1) is 21.4. The number of rotatable bonds is 4. The highest BCUT2D eigenvalue weighted by atomic mass is 35.5. The Hall–Kier alpha value is -3.17. The van der Waals surface area contributed by atoms with Crippen molar-refractivity contribution < 1.29 is 0 Å². The molecule has 2 unspecified atom stereocenters. The van der Waals surface area contributed by atoms with Crippen LogP contribution in [0.25, 0.3) is 11.8 Å². The standard InChI is InChI=1S/C30H28ClN3/c1-19-5-9-27-28(30(19)34-13-3-4-14-34)12-11-26-25-10-7-23(31)16-22(25)15-21(29(26)27)6-8-24-18-32-20(2)17-33-24/h3-4,7,10-19,21H,5-6,8-9H2,1-2H3. The molecule has 2 aromatic carbocycles. The van der Waals surface area contributed by atoms with Gasteiger partial charge >= 0.3 is 0 Å². The molecular formula is C30H28ClN3. The third-order valence-corrected chi connectivity index (χ3v) is 7.65. The number of hydrogen-bond donors (Lipinski definition) is 0. The molecule has 2 aliphatic rings. The first-order valence-corrected chi connectivity index (χ1v) is 12.5. The molecule has 4 aromatic rings. The van der Waals surface area contributed by atoms with E-state index in [9.17, 15) is 0 Å². The van der Waals surface area contributed by atoms with E-state index in [1.807, 2.05) is 25.4 Å². The van der Waals surface area contributed by atoms with E-state index in [-0.39, 0.29) is 0 Å². The Morgan fingerprint density at radius 3 is 2.59 bits per heavy atom. The summed E-state index contributed by atoms with van der Waals surface area (Å²) >= 11 is 6.40. The number of hydrogen-bond acceptors (Lipinski definition) is 2. The lowest BCUT2D eigenvalue weighted by Crippen LogP contribution is -2.30. The smallest absolute Gasteiger partial charge is 0.0587 e. The Morgan fingerprint density at radius 2 is 1.79 bits per heavy atom. The van der Waals surface area contributed by atoms with E-state index >= 15 is 0 Å². The summed E-state index contributed by atoms with van der Waals surface area (Å²) in [6, 6.07) is 15.2. The van der Waals surface area contributed by atoms with Crippen molar-refractivity contribution in [2.45, 2.75) is 45.4 Å². The summed E-state index contributed by atoms with van der Waals surface area (Å²) in [7, 11) is 0. The van der Waals surface area contributed by atoms with E-state index in [1.54, 1.807) is 0 Å². The van der Waals surface area contributed by atoms with Gasteiger partial charge in [-0.25, -0.2) is 0 Å². The Labute approximate surface area is 204 Å². The largest absolute Gasteiger partial charge is 0.327 e. The third-order valence-electron chi connectivity index (χ3n) is 7.41. The van der Waals surface area contributed by atoms with Crippen LogP contribution in [0, 0.1) is 23.3 Å². The van der Waals surface area contributed by atoms with E-state index in [2.05, 4.69) is 76.3 Å². The molecule has 4 heteroatoms. The maximum absolute atomic E-state index is 6.40. The van der Waals surface area contributed by atoms with Crippen molar-refractivity contribution in [1.82, 2.24) is 14.5 Å². The highest BCUT2D eigenvalue weighted by molar-refractivity contribution is 6.30. The molecule has 6 rings (SSSR count). The van der Waals surface area contributed by atoms with Gasteiger partial charge in [0.15, 0.2) is 0 Å². The van der Waals surface area contributed by atoms with Gasteiger partial charge in [-0.15, -0.1) is 0 Å². The third kappa shape index (κ3) is 3.69. The van der Waals surface area contributed by atoms with Gasteiger partial charge in [-0.2, -0.15) is 0 Å². The van der Waals surface area contributed by atoms with Gasteiger partial charge in [0.1, 0.15) is 0 Å². The fourth-order valence-electron chi connectivity index (χ4n) is 5.78. The van der Waals surface area contributed by atoms with Crippen molar-refractivity contribution in [1.29, 1.82) is 0 Å². The van der Waals surface area contributed by atoms with Crippen molar-refractivity contribution in [2.75, 3.05) is 0 Å². The summed E-state index contributed by atoms with van der Waals surface area (Å²) in [4.78, 5) is 9.07. The SMILES string of the molecule is Cc1cnc(CCC2C=c3cc(Cl)ccc3=c3ccc4c(c32)CCC(C)C=4n2cccc2)cn1. The van der Waals surface area contributed by atoms with Crippen molar-refractivity contribution in [3.05, 3.63) is 116 Å². The van der Waals surface area contributed by atoms with Crippen LogP contribution in [-0.4, -0.2) is 14.5 Å². The van der Waals surface area contributed by atoms with E-state index in [1.165, 1.54) is 44.1 Å². The zero-order valence-electron chi connectivity index (χ0n) is 19.6. The second-order valence-corrected chi connectivity index (χ2v) is 10.1. The van der Waals surface area contributed by atoms with E-state index in [4.69, 9.17) is 11.6 Å². The predicted molar refractivity (Wildman–Crippen MR) is 138 cm³/mol. The van der Waals surface area contributed by atoms with Crippen LogP contribution < -0.4 is 10.4 Å². The molecule has 0 bridgehead atoms. The molecule has 2 heterocycles. The topological polar surface area (TPSA) is 30.7 Å². The second kappa shape index (κ2) is 8.56. The van der Waals surface area contributed by atoms with Crippen LogP contribution in [0.15, 0.2) is 67.3 Å². The van der Waals surface area contributed by atoms with Crippen molar-refractivity contribution in [2.24, 2.45) is 5.92 Å². The molecule has 2 aromatic heterocycles. The molecule has 0 amide bonds. The van der Waals surface area contributed by atoms with Crippen LogP contribution in [-0.2, 0) is 12.8 Å². The Balaban J connectivity index is 1.58. The van der Waals surface area contributed by atoms with E-state index in [0.717, 1.165) is 35.7 Å². The first-order chi connectivity index (χ1) is 16.6. The highest BCUT2D eigenvalue weighted by Crippen LogP contribution is 2.33. The van der Waals surface area contributed by atoms with Crippen LogP contribution >= 0.6 is 11.6 Å². The summed E-state index contributed by atoms with van der Waals surface area (Å²) in [5, 5.41) is 6.07. The van der Waals surface area contributed by atoms with E-state index in [0.29, 0.717) is 11.8 Å². The van der Waals surface area contributed by atoms with Crippen LogP contribution in [0.5, 0.6) is 0 Å². The minimum Gasteiger partial charge on any atom is -0.327 e. The number of halogens is 1. The molecule has 0 fully saturated rings. The van der Waals surface area contributed by atoms with Crippen molar-refractivity contribution >= 4 is 23.4 Å². The summed E-state index contributed by atoms with van der Waals surface area (Å²) in [6.07, 6.45) is 14.8.